The Labute approximate surface area is 138 Å². The van der Waals surface area contributed by atoms with Gasteiger partial charge >= 0.3 is 0 Å². The third-order valence-corrected chi connectivity index (χ3v) is 4.78. The molecule has 2 heterocycles. The lowest BCUT2D eigenvalue weighted by Crippen LogP contribution is -2.12. The fourth-order valence-corrected chi connectivity index (χ4v) is 3.61. The van der Waals surface area contributed by atoms with Crippen LogP contribution in [0.15, 0.2) is 79.1 Å². The zero-order valence-corrected chi connectivity index (χ0v) is 13.2. The zero-order chi connectivity index (χ0) is 15.5. The van der Waals surface area contributed by atoms with E-state index in [1.807, 2.05) is 24.3 Å². The summed E-state index contributed by atoms with van der Waals surface area (Å²) in [5.74, 6) is 0. The molecule has 0 aliphatic carbocycles. The van der Waals surface area contributed by atoms with E-state index in [2.05, 4.69) is 52.8 Å². The highest BCUT2D eigenvalue weighted by Gasteiger charge is 2.18. The van der Waals surface area contributed by atoms with E-state index in [0.29, 0.717) is 0 Å². The molecule has 4 heteroatoms. The molecule has 0 saturated heterocycles. The molecule has 0 spiro atoms. The fraction of sp³-hybridized carbons (Fsp3) is 0.0526. The highest BCUT2D eigenvalue weighted by atomic mass is 32.1. The van der Waals surface area contributed by atoms with E-state index in [9.17, 15) is 0 Å². The van der Waals surface area contributed by atoms with Crippen LogP contribution in [0.25, 0.3) is 10.2 Å². The number of pyridine rings is 1. The number of aromatic nitrogens is 2. The van der Waals surface area contributed by atoms with Gasteiger partial charge in [0, 0.05) is 18.1 Å². The number of para-hydroxylation sites is 1. The van der Waals surface area contributed by atoms with Gasteiger partial charge in [-0.05, 0) is 29.8 Å². The summed E-state index contributed by atoms with van der Waals surface area (Å²) in [6, 6.07) is 22.6. The molecule has 2 aromatic carbocycles. The average Bonchev–Trinajstić information content (AvgIpc) is 3.05. The smallest absolute Gasteiger partial charge is 0.121 e. The van der Waals surface area contributed by atoms with Crippen molar-refractivity contribution in [2.75, 3.05) is 5.32 Å². The second-order valence-corrected chi connectivity index (χ2v) is 6.31. The van der Waals surface area contributed by atoms with Crippen LogP contribution in [-0.4, -0.2) is 9.97 Å². The summed E-state index contributed by atoms with van der Waals surface area (Å²) in [7, 11) is 0. The third-order valence-electron chi connectivity index (χ3n) is 3.68. The molecule has 23 heavy (non-hydrogen) atoms. The summed E-state index contributed by atoms with van der Waals surface area (Å²) in [6.45, 7) is 0. The van der Waals surface area contributed by atoms with Crippen LogP contribution in [0.3, 0.4) is 0 Å². The molecule has 0 amide bonds. The average molecular weight is 317 g/mol. The molecule has 4 rings (SSSR count). The number of hydrogen-bond acceptors (Lipinski definition) is 4. The van der Waals surface area contributed by atoms with E-state index in [0.717, 1.165) is 16.2 Å². The Bertz CT molecular complexity index is 870. The van der Waals surface area contributed by atoms with E-state index in [1.165, 1.54) is 10.3 Å². The first kappa shape index (κ1) is 13.9. The monoisotopic (exact) mass is 317 g/mol. The summed E-state index contributed by atoms with van der Waals surface area (Å²) < 4.78 is 1.21. The summed E-state index contributed by atoms with van der Waals surface area (Å²) in [6.07, 6.45) is 3.59. The molecular formula is C19H15N3S. The Morgan fingerprint density at radius 1 is 0.826 bits per heavy atom. The number of thiazole rings is 1. The second-order valence-electron chi connectivity index (χ2n) is 5.24. The molecule has 0 fully saturated rings. The normalized spacial score (nSPS) is 12.2. The maximum absolute atomic E-state index is 4.83. The Hall–Kier alpha value is -2.72. The minimum Gasteiger partial charge on any atom is -0.372 e. The first-order valence-corrected chi connectivity index (χ1v) is 8.29. The van der Waals surface area contributed by atoms with Crippen LogP contribution in [0.4, 0.5) is 5.69 Å². The summed E-state index contributed by atoms with van der Waals surface area (Å²) >= 11 is 1.73. The van der Waals surface area contributed by atoms with Gasteiger partial charge in [0.2, 0.25) is 0 Å². The van der Waals surface area contributed by atoms with Gasteiger partial charge in [0.25, 0.3) is 0 Å². The Kier molecular flexibility index (Phi) is 3.74. The summed E-state index contributed by atoms with van der Waals surface area (Å²) in [5.41, 5.74) is 3.28. The summed E-state index contributed by atoms with van der Waals surface area (Å²) in [5, 5.41) is 4.64. The van der Waals surface area contributed by atoms with Crippen LogP contribution in [0.2, 0.25) is 0 Å². The minimum absolute atomic E-state index is 0.0241. The lowest BCUT2D eigenvalue weighted by atomic mass is 10.1. The summed E-state index contributed by atoms with van der Waals surface area (Å²) in [4.78, 5) is 8.91. The SMILES string of the molecule is c1ccc(C(Nc2ccncc2)c2nc3ccccc3s2)cc1. The molecule has 3 nitrogen and oxygen atoms in total. The van der Waals surface area contributed by atoms with Crippen LogP contribution in [-0.2, 0) is 0 Å². The van der Waals surface area contributed by atoms with Gasteiger partial charge in [-0.1, -0.05) is 42.5 Å². The van der Waals surface area contributed by atoms with Crippen molar-refractivity contribution in [3.05, 3.63) is 89.7 Å². The van der Waals surface area contributed by atoms with Crippen molar-refractivity contribution in [2.45, 2.75) is 6.04 Å². The van der Waals surface area contributed by atoms with E-state index in [4.69, 9.17) is 4.98 Å². The molecule has 1 atom stereocenters. The van der Waals surface area contributed by atoms with Crippen LogP contribution in [0.1, 0.15) is 16.6 Å². The number of fused-ring (bicyclic) bond motifs is 1. The highest BCUT2D eigenvalue weighted by Crippen LogP contribution is 2.32. The topological polar surface area (TPSA) is 37.8 Å². The molecule has 112 valence electrons. The molecule has 0 bridgehead atoms. The van der Waals surface area contributed by atoms with Crippen molar-refractivity contribution >= 4 is 27.2 Å². The number of nitrogens with zero attached hydrogens (tertiary/aromatic N) is 2. The number of rotatable bonds is 4. The van der Waals surface area contributed by atoms with Crippen molar-refractivity contribution < 1.29 is 0 Å². The van der Waals surface area contributed by atoms with Crippen LogP contribution < -0.4 is 5.32 Å². The first-order chi connectivity index (χ1) is 11.4. The number of nitrogens with one attached hydrogen (secondary N) is 1. The van der Waals surface area contributed by atoms with E-state index >= 15 is 0 Å². The maximum Gasteiger partial charge on any atom is 0.121 e. The third kappa shape index (κ3) is 2.94. The Morgan fingerprint density at radius 2 is 1.57 bits per heavy atom. The van der Waals surface area contributed by atoms with E-state index < -0.39 is 0 Å². The molecule has 0 aliphatic rings. The Morgan fingerprint density at radius 3 is 2.35 bits per heavy atom. The van der Waals surface area contributed by atoms with E-state index in [1.54, 1.807) is 23.7 Å². The zero-order valence-electron chi connectivity index (χ0n) is 12.4. The van der Waals surface area contributed by atoms with Crippen molar-refractivity contribution in [3.63, 3.8) is 0 Å². The van der Waals surface area contributed by atoms with Gasteiger partial charge in [0.15, 0.2) is 0 Å². The molecule has 0 aliphatic heterocycles. The van der Waals surface area contributed by atoms with Gasteiger partial charge in [-0.15, -0.1) is 11.3 Å². The lowest BCUT2D eigenvalue weighted by molar-refractivity contribution is 0.925. The Balaban J connectivity index is 1.78. The van der Waals surface area contributed by atoms with Gasteiger partial charge in [-0.3, -0.25) is 4.98 Å². The van der Waals surface area contributed by atoms with Gasteiger partial charge in [-0.25, -0.2) is 4.98 Å². The number of benzene rings is 2. The predicted octanol–water partition coefficient (Wildman–Crippen LogP) is 4.89. The number of hydrogen-bond donors (Lipinski definition) is 1. The standard InChI is InChI=1S/C19H15N3S/c1-2-6-14(7-3-1)18(21-15-10-12-20-13-11-15)19-22-16-8-4-5-9-17(16)23-19/h1-13,18H,(H,20,21). The maximum atomic E-state index is 4.83. The molecule has 2 aromatic heterocycles. The molecule has 0 saturated carbocycles. The highest BCUT2D eigenvalue weighted by molar-refractivity contribution is 7.18. The second kappa shape index (κ2) is 6.18. The van der Waals surface area contributed by atoms with E-state index in [-0.39, 0.29) is 6.04 Å². The van der Waals surface area contributed by atoms with Gasteiger partial charge < -0.3 is 5.32 Å². The lowest BCUT2D eigenvalue weighted by Gasteiger charge is -2.18. The van der Waals surface area contributed by atoms with Crippen molar-refractivity contribution in [2.24, 2.45) is 0 Å². The molecule has 1 N–H and O–H groups in total. The van der Waals surface area contributed by atoms with Crippen molar-refractivity contribution in [1.82, 2.24) is 9.97 Å². The molecular weight excluding hydrogens is 302 g/mol. The predicted molar refractivity (Wildman–Crippen MR) is 95.8 cm³/mol. The molecule has 0 radical (unpaired) electrons. The largest absolute Gasteiger partial charge is 0.372 e. The van der Waals surface area contributed by atoms with Crippen molar-refractivity contribution in [1.29, 1.82) is 0 Å². The quantitative estimate of drug-likeness (QED) is 0.582. The molecule has 4 aromatic rings. The van der Waals surface area contributed by atoms with Gasteiger partial charge in [0.05, 0.1) is 10.2 Å². The van der Waals surface area contributed by atoms with Gasteiger partial charge in [0.1, 0.15) is 11.0 Å². The number of anilines is 1. The molecule has 1 unspecified atom stereocenters. The van der Waals surface area contributed by atoms with Gasteiger partial charge in [-0.2, -0.15) is 0 Å². The van der Waals surface area contributed by atoms with Crippen molar-refractivity contribution in [3.8, 4) is 0 Å². The first-order valence-electron chi connectivity index (χ1n) is 7.47. The minimum atomic E-state index is 0.0241. The fourth-order valence-electron chi connectivity index (χ4n) is 2.56. The van der Waals surface area contributed by atoms with Crippen LogP contribution in [0.5, 0.6) is 0 Å². The van der Waals surface area contributed by atoms with Crippen LogP contribution >= 0.6 is 11.3 Å². The van der Waals surface area contributed by atoms with Crippen LogP contribution in [0, 0.1) is 0 Å².